The molecular weight excluding hydrogens is 360 g/mol. The van der Waals surface area contributed by atoms with Crippen molar-refractivity contribution in [2.24, 2.45) is 0 Å². The summed E-state index contributed by atoms with van der Waals surface area (Å²) in [7, 11) is 0. The van der Waals surface area contributed by atoms with Crippen LogP contribution < -0.4 is 10.1 Å². The number of carbonyl (C=O) groups is 1. The third kappa shape index (κ3) is 4.05. The predicted molar refractivity (Wildman–Crippen MR) is 99.1 cm³/mol. The molecule has 1 fully saturated rings. The van der Waals surface area contributed by atoms with Gasteiger partial charge in [0.1, 0.15) is 18.1 Å². The third-order valence-corrected chi connectivity index (χ3v) is 4.71. The van der Waals surface area contributed by atoms with Gasteiger partial charge in [-0.15, -0.1) is 0 Å². The molecule has 1 saturated carbocycles. The molecule has 0 atom stereocenters. The fourth-order valence-electron chi connectivity index (χ4n) is 2.84. The summed E-state index contributed by atoms with van der Waals surface area (Å²) >= 11 is 0. The molecule has 0 radical (unpaired) electrons. The third-order valence-electron chi connectivity index (χ3n) is 4.71. The zero-order chi connectivity index (χ0) is 19.5. The summed E-state index contributed by atoms with van der Waals surface area (Å²) in [6.07, 6.45) is 2.71. The summed E-state index contributed by atoms with van der Waals surface area (Å²) < 4.78 is 16.3. The van der Waals surface area contributed by atoms with E-state index in [1.165, 1.54) is 0 Å². The summed E-state index contributed by atoms with van der Waals surface area (Å²) in [6.45, 7) is 4.32. The van der Waals surface area contributed by atoms with Gasteiger partial charge >= 0.3 is 0 Å². The van der Waals surface area contributed by atoms with Gasteiger partial charge in [-0.3, -0.25) is 4.79 Å². The number of hydrogen-bond acceptors (Lipinski definition) is 7. The van der Waals surface area contributed by atoms with Crippen molar-refractivity contribution in [1.29, 1.82) is 0 Å². The van der Waals surface area contributed by atoms with Gasteiger partial charge in [0.2, 0.25) is 5.89 Å². The highest BCUT2D eigenvalue weighted by Gasteiger charge is 2.29. The highest BCUT2D eigenvalue weighted by molar-refractivity contribution is 5.93. The van der Waals surface area contributed by atoms with Crippen molar-refractivity contribution < 1.29 is 18.6 Å². The Balaban J connectivity index is 1.34. The Morgan fingerprint density at radius 2 is 2.04 bits per heavy atom. The van der Waals surface area contributed by atoms with E-state index in [2.05, 4.69) is 20.6 Å². The molecule has 146 valence electrons. The zero-order valence-corrected chi connectivity index (χ0v) is 15.9. The SMILES string of the molecule is Cc1ccccc1OCc1c(C(=O)NCCc2noc(C3CC3)n2)noc1C. The monoisotopic (exact) mass is 382 g/mol. The Hall–Kier alpha value is -3.16. The van der Waals surface area contributed by atoms with Crippen molar-refractivity contribution >= 4 is 5.91 Å². The van der Waals surface area contributed by atoms with Gasteiger partial charge in [-0.2, -0.15) is 4.98 Å². The molecular formula is C20H22N4O4. The van der Waals surface area contributed by atoms with Crippen molar-refractivity contribution in [3.05, 3.63) is 58.6 Å². The number of benzene rings is 1. The van der Waals surface area contributed by atoms with E-state index in [-0.39, 0.29) is 18.2 Å². The molecule has 1 aliphatic carbocycles. The maximum Gasteiger partial charge on any atom is 0.273 e. The van der Waals surface area contributed by atoms with E-state index in [9.17, 15) is 4.79 Å². The maximum absolute atomic E-state index is 12.5. The van der Waals surface area contributed by atoms with Gasteiger partial charge in [0, 0.05) is 18.9 Å². The van der Waals surface area contributed by atoms with Crippen LogP contribution in [0.15, 0.2) is 33.3 Å². The van der Waals surface area contributed by atoms with Crippen LogP contribution in [0.25, 0.3) is 0 Å². The number of amides is 1. The van der Waals surface area contributed by atoms with Crippen molar-refractivity contribution in [2.45, 2.75) is 45.6 Å². The average Bonchev–Trinajstić information content (AvgIpc) is 3.32. The minimum Gasteiger partial charge on any atom is -0.488 e. The lowest BCUT2D eigenvalue weighted by molar-refractivity contribution is 0.0942. The molecule has 2 heterocycles. The summed E-state index contributed by atoms with van der Waals surface area (Å²) in [5.41, 5.74) is 1.89. The standard InChI is InChI=1S/C20H22N4O4/c1-12-5-3-4-6-16(12)26-11-15-13(2)27-24-18(15)19(25)21-10-9-17-22-20(28-23-17)14-7-8-14/h3-6,14H,7-11H2,1-2H3,(H,21,25). The molecule has 2 aromatic heterocycles. The average molecular weight is 382 g/mol. The number of nitrogens with zero attached hydrogens (tertiary/aromatic N) is 3. The number of aryl methyl sites for hydroxylation is 2. The van der Waals surface area contributed by atoms with E-state index in [1.807, 2.05) is 31.2 Å². The molecule has 8 nitrogen and oxygen atoms in total. The molecule has 1 amide bonds. The Kier molecular flexibility index (Phi) is 5.10. The Bertz CT molecular complexity index is 974. The summed E-state index contributed by atoms with van der Waals surface area (Å²) in [4.78, 5) is 16.9. The van der Waals surface area contributed by atoms with Crippen LogP contribution in [-0.2, 0) is 13.0 Å². The largest absolute Gasteiger partial charge is 0.488 e. The van der Waals surface area contributed by atoms with Crippen LogP contribution in [0.2, 0.25) is 0 Å². The molecule has 0 spiro atoms. The van der Waals surface area contributed by atoms with Gasteiger partial charge in [0.05, 0.1) is 5.56 Å². The second-order valence-electron chi connectivity index (χ2n) is 6.95. The lowest BCUT2D eigenvalue weighted by Gasteiger charge is -2.09. The normalized spacial score (nSPS) is 13.5. The van der Waals surface area contributed by atoms with Gasteiger partial charge < -0.3 is 19.1 Å². The molecule has 0 bridgehead atoms. The van der Waals surface area contributed by atoms with Crippen molar-refractivity contribution in [2.75, 3.05) is 6.54 Å². The first-order valence-corrected chi connectivity index (χ1v) is 9.36. The highest BCUT2D eigenvalue weighted by Crippen LogP contribution is 2.38. The van der Waals surface area contributed by atoms with E-state index >= 15 is 0 Å². The minimum atomic E-state index is -0.314. The molecule has 1 N–H and O–H groups in total. The molecule has 1 aromatic carbocycles. The fraction of sp³-hybridized carbons (Fsp3) is 0.400. The maximum atomic E-state index is 12.5. The van der Waals surface area contributed by atoms with Crippen LogP contribution in [0.1, 0.15) is 57.9 Å². The molecule has 28 heavy (non-hydrogen) atoms. The van der Waals surface area contributed by atoms with Gasteiger partial charge in [-0.25, -0.2) is 0 Å². The van der Waals surface area contributed by atoms with E-state index in [0.717, 1.165) is 24.2 Å². The van der Waals surface area contributed by atoms with Crippen LogP contribution in [0.3, 0.4) is 0 Å². The van der Waals surface area contributed by atoms with E-state index < -0.39 is 0 Å². The number of nitrogens with one attached hydrogen (secondary N) is 1. The van der Waals surface area contributed by atoms with Crippen LogP contribution in [-0.4, -0.2) is 27.7 Å². The molecule has 0 unspecified atom stereocenters. The Morgan fingerprint density at radius 1 is 1.21 bits per heavy atom. The second kappa shape index (κ2) is 7.84. The summed E-state index contributed by atoms with van der Waals surface area (Å²) in [6, 6.07) is 7.71. The van der Waals surface area contributed by atoms with Gasteiger partial charge in [-0.05, 0) is 38.3 Å². The van der Waals surface area contributed by atoms with Crippen LogP contribution in [0, 0.1) is 13.8 Å². The van der Waals surface area contributed by atoms with Gasteiger partial charge in [0.25, 0.3) is 5.91 Å². The number of hydrogen-bond donors (Lipinski definition) is 1. The van der Waals surface area contributed by atoms with Crippen molar-refractivity contribution in [3.63, 3.8) is 0 Å². The molecule has 0 aliphatic heterocycles. The minimum absolute atomic E-state index is 0.207. The van der Waals surface area contributed by atoms with Crippen LogP contribution in [0.4, 0.5) is 0 Å². The number of rotatable bonds is 8. The lowest BCUT2D eigenvalue weighted by atomic mass is 10.2. The number of carbonyl (C=O) groups excluding carboxylic acids is 1. The Morgan fingerprint density at radius 3 is 2.82 bits per heavy atom. The number of aromatic nitrogens is 3. The van der Waals surface area contributed by atoms with Crippen molar-refractivity contribution in [3.8, 4) is 5.75 Å². The molecule has 8 heteroatoms. The van der Waals surface area contributed by atoms with E-state index in [4.69, 9.17) is 13.8 Å². The lowest BCUT2D eigenvalue weighted by Crippen LogP contribution is -2.27. The first kappa shape index (κ1) is 18.2. The zero-order valence-electron chi connectivity index (χ0n) is 15.9. The number of para-hydroxylation sites is 1. The van der Waals surface area contributed by atoms with E-state index in [0.29, 0.717) is 41.9 Å². The van der Waals surface area contributed by atoms with Crippen LogP contribution >= 0.6 is 0 Å². The van der Waals surface area contributed by atoms with Crippen molar-refractivity contribution in [1.82, 2.24) is 20.6 Å². The molecule has 0 saturated heterocycles. The first-order valence-electron chi connectivity index (χ1n) is 9.36. The van der Waals surface area contributed by atoms with Crippen LogP contribution in [0.5, 0.6) is 5.75 Å². The Labute approximate surface area is 162 Å². The second-order valence-corrected chi connectivity index (χ2v) is 6.95. The predicted octanol–water partition coefficient (Wildman–Crippen LogP) is 3.10. The highest BCUT2D eigenvalue weighted by atomic mass is 16.5. The fourth-order valence-corrected chi connectivity index (χ4v) is 2.84. The summed E-state index contributed by atoms with van der Waals surface area (Å²) in [5.74, 6) is 2.73. The smallest absolute Gasteiger partial charge is 0.273 e. The van der Waals surface area contributed by atoms with Gasteiger partial charge in [0.15, 0.2) is 11.5 Å². The molecule has 1 aliphatic rings. The van der Waals surface area contributed by atoms with E-state index in [1.54, 1.807) is 6.92 Å². The van der Waals surface area contributed by atoms with Gasteiger partial charge in [-0.1, -0.05) is 28.5 Å². The first-order chi connectivity index (χ1) is 13.6. The molecule has 4 rings (SSSR count). The quantitative estimate of drug-likeness (QED) is 0.638. The topological polar surface area (TPSA) is 103 Å². The molecule has 3 aromatic rings. The number of ether oxygens (including phenoxy) is 1. The summed E-state index contributed by atoms with van der Waals surface area (Å²) in [5, 5.41) is 10.7.